The van der Waals surface area contributed by atoms with Crippen LogP contribution in [0.1, 0.15) is 6.42 Å². The molecule has 1 heterocycles. The van der Waals surface area contributed by atoms with Crippen LogP contribution >= 0.6 is 15.9 Å². The molecule has 1 unspecified atom stereocenters. The Kier molecular flexibility index (Phi) is 3.69. The average molecular weight is 299 g/mol. The first-order chi connectivity index (χ1) is 8.15. The molecule has 2 rings (SSSR count). The van der Waals surface area contributed by atoms with Gasteiger partial charge in [0, 0.05) is 37.0 Å². The van der Waals surface area contributed by atoms with E-state index in [4.69, 9.17) is 5.11 Å². The van der Waals surface area contributed by atoms with E-state index >= 15 is 0 Å². The number of anilines is 2. The molecule has 5 heteroatoms. The van der Waals surface area contributed by atoms with Crippen molar-refractivity contribution in [2.75, 3.05) is 30.4 Å². The maximum atomic E-state index is 11.9. The van der Waals surface area contributed by atoms with E-state index in [-0.39, 0.29) is 18.4 Å². The first-order valence-electron chi connectivity index (χ1n) is 5.54. The number of halogens is 1. The summed E-state index contributed by atoms with van der Waals surface area (Å²) in [5.41, 5.74) is 1.78. The van der Waals surface area contributed by atoms with Gasteiger partial charge in [-0.25, -0.2) is 0 Å². The van der Waals surface area contributed by atoms with Crippen molar-refractivity contribution in [1.29, 1.82) is 0 Å². The third-order valence-electron chi connectivity index (χ3n) is 2.98. The molecule has 17 heavy (non-hydrogen) atoms. The van der Waals surface area contributed by atoms with Crippen LogP contribution in [-0.2, 0) is 4.79 Å². The smallest absolute Gasteiger partial charge is 0.227 e. The number of nitrogens with zero attached hydrogens (tertiary/aromatic N) is 1. The van der Waals surface area contributed by atoms with Crippen LogP contribution < -0.4 is 10.2 Å². The highest BCUT2D eigenvalue weighted by molar-refractivity contribution is 9.10. The van der Waals surface area contributed by atoms with E-state index in [9.17, 15) is 4.79 Å². The van der Waals surface area contributed by atoms with Crippen molar-refractivity contribution < 1.29 is 9.90 Å². The lowest BCUT2D eigenvalue weighted by Crippen LogP contribution is -2.25. The van der Waals surface area contributed by atoms with E-state index in [0.717, 1.165) is 15.8 Å². The molecule has 0 spiro atoms. The third kappa shape index (κ3) is 2.45. The Morgan fingerprint density at radius 2 is 2.35 bits per heavy atom. The number of rotatable bonds is 3. The summed E-state index contributed by atoms with van der Waals surface area (Å²) in [5.74, 6) is 0.124. The Morgan fingerprint density at radius 3 is 2.94 bits per heavy atom. The van der Waals surface area contributed by atoms with Crippen molar-refractivity contribution in [3.63, 3.8) is 0 Å². The van der Waals surface area contributed by atoms with Crippen LogP contribution in [0.4, 0.5) is 11.4 Å². The van der Waals surface area contributed by atoms with Crippen LogP contribution in [0.2, 0.25) is 0 Å². The minimum absolute atomic E-state index is 0.0517. The number of benzene rings is 1. The molecule has 1 amide bonds. The first kappa shape index (κ1) is 12.4. The third-order valence-corrected chi connectivity index (χ3v) is 3.48. The van der Waals surface area contributed by atoms with Crippen molar-refractivity contribution in [3.8, 4) is 0 Å². The molecular formula is C12H15BrN2O2. The van der Waals surface area contributed by atoms with Crippen molar-refractivity contribution >= 4 is 33.2 Å². The van der Waals surface area contributed by atoms with Gasteiger partial charge in [0.2, 0.25) is 5.91 Å². The number of hydrogen-bond donors (Lipinski definition) is 2. The lowest BCUT2D eigenvalue weighted by Gasteiger charge is -2.20. The van der Waals surface area contributed by atoms with E-state index in [1.165, 1.54) is 0 Å². The monoisotopic (exact) mass is 298 g/mol. The molecule has 1 aliphatic rings. The van der Waals surface area contributed by atoms with Crippen molar-refractivity contribution in [1.82, 2.24) is 0 Å². The predicted molar refractivity (Wildman–Crippen MR) is 71.2 cm³/mol. The molecule has 0 aliphatic carbocycles. The maximum Gasteiger partial charge on any atom is 0.227 e. The van der Waals surface area contributed by atoms with Gasteiger partial charge in [-0.1, -0.05) is 15.9 Å². The Bertz CT molecular complexity index is 437. The van der Waals surface area contributed by atoms with E-state index < -0.39 is 0 Å². The molecule has 2 N–H and O–H groups in total. The molecular weight excluding hydrogens is 284 g/mol. The van der Waals surface area contributed by atoms with E-state index in [1.807, 2.05) is 25.2 Å². The number of hydrogen-bond acceptors (Lipinski definition) is 3. The normalized spacial score (nSPS) is 19.8. The summed E-state index contributed by atoms with van der Waals surface area (Å²) in [4.78, 5) is 13.6. The molecule has 1 aromatic carbocycles. The quantitative estimate of drug-likeness (QED) is 0.895. The topological polar surface area (TPSA) is 52.6 Å². The first-order valence-corrected chi connectivity index (χ1v) is 6.33. The zero-order chi connectivity index (χ0) is 12.4. The fraction of sp³-hybridized carbons (Fsp3) is 0.417. The second-order valence-corrected chi connectivity index (χ2v) is 5.08. The van der Waals surface area contributed by atoms with Gasteiger partial charge in [-0.05, 0) is 18.2 Å². The highest BCUT2D eigenvalue weighted by atomic mass is 79.9. The highest BCUT2D eigenvalue weighted by Crippen LogP contribution is 2.33. The Hall–Kier alpha value is -1.07. The molecule has 1 aromatic rings. The Balaban J connectivity index is 2.31. The minimum atomic E-state index is 0.0517. The van der Waals surface area contributed by atoms with E-state index in [2.05, 4.69) is 21.2 Å². The van der Waals surface area contributed by atoms with Gasteiger partial charge in [0.05, 0.1) is 11.4 Å². The number of amides is 1. The molecule has 1 fully saturated rings. The number of aliphatic hydroxyl groups excluding tert-OH is 1. The summed E-state index contributed by atoms with van der Waals surface area (Å²) in [6.45, 7) is 0.652. The van der Waals surface area contributed by atoms with Gasteiger partial charge in [-0.15, -0.1) is 0 Å². The van der Waals surface area contributed by atoms with E-state index in [1.54, 1.807) is 4.90 Å². The van der Waals surface area contributed by atoms with Gasteiger partial charge < -0.3 is 15.3 Å². The molecule has 0 radical (unpaired) electrons. The Labute approximate surface area is 109 Å². The summed E-state index contributed by atoms with van der Waals surface area (Å²) in [6, 6.07) is 5.76. The highest BCUT2D eigenvalue weighted by Gasteiger charge is 2.31. The second kappa shape index (κ2) is 5.06. The van der Waals surface area contributed by atoms with Crippen LogP contribution in [0.15, 0.2) is 22.7 Å². The SMILES string of the molecule is CNc1cc(Br)ccc1N1CC(CO)CC1=O. The molecule has 1 saturated heterocycles. The molecule has 1 atom stereocenters. The Morgan fingerprint density at radius 1 is 1.59 bits per heavy atom. The fourth-order valence-corrected chi connectivity index (χ4v) is 2.44. The number of nitrogens with one attached hydrogen (secondary N) is 1. The number of carbonyl (C=O) groups is 1. The van der Waals surface area contributed by atoms with Crippen molar-refractivity contribution in [2.24, 2.45) is 5.92 Å². The van der Waals surface area contributed by atoms with Crippen molar-refractivity contribution in [2.45, 2.75) is 6.42 Å². The van der Waals surface area contributed by atoms with Gasteiger partial charge in [0.1, 0.15) is 0 Å². The molecule has 4 nitrogen and oxygen atoms in total. The maximum absolute atomic E-state index is 11.9. The van der Waals surface area contributed by atoms with Crippen LogP contribution in [0.3, 0.4) is 0 Å². The van der Waals surface area contributed by atoms with Gasteiger partial charge in [-0.3, -0.25) is 4.79 Å². The zero-order valence-corrected chi connectivity index (χ0v) is 11.2. The molecule has 0 saturated carbocycles. The largest absolute Gasteiger partial charge is 0.396 e. The van der Waals surface area contributed by atoms with Crippen LogP contribution in [0, 0.1) is 5.92 Å². The van der Waals surface area contributed by atoms with Gasteiger partial charge in [0.15, 0.2) is 0 Å². The summed E-state index contributed by atoms with van der Waals surface area (Å²) in [7, 11) is 1.83. The standard InChI is InChI=1S/C12H15BrN2O2/c1-14-10-5-9(13)2-3-11(10)15-6-8(7-16)4-12(15)17/h2-3,5,8,14,16H,4,6-7H2,1H3. The zero-order valence-electron chi connectivity index (χ0n) is 9.61. The summed E-state index contributed by atoms with van der Waals surface area (Å²) >= 11 is 3.40. The lowest BCUT2D eigenvalue weighted by atomic mass is 10.1. The van der Waals surface area contributed by atoms with Crippen LogP contribution in [-0.4, -0.2) is 31.2 Å². The average Bonchev–Trinajstić information content (AvgIpc) is 2.70. The van der Waals surface area contributed by atoms with Gasteiger partial charge >= 0.3 is 0 Å². The summed E-state index contributed by atoms with van der Waals surface area (Å²) < 4.78 is 0.968. The summed E-state index contributed by atoms with van der Waals surface area (Å²) in [5, 5.41) is 12.2. The predicted octanol–water partition coefficient (Wildman–Crippen LogP) is 1.84. The van der Waals surface area contributed by atoms with Crippen molar-refractivity contribution in [3.05, 3.63) is 22.7 Å². The second-order valence-electron chi connectivity index (χ2n) is 4.17. The molecule has 0 bridgehead atoms. The van der Waals surface area contributed by atoms with E-state index in [0.29, 0.717) is 13.0 Å². The summed E-state index contributed by atoms with van der Waals surface area (Å²) in [6.07, 6.45) is 0.426. The minimum Gasteiger partial charge on any atom is -0.396 e. The van der Waals surface area contributed by atoms with Gasteiger partial charge in [-0.2, -0.15) is 0 Å². The molecule has 92 valence electrons. The molecule has 1 aliphatic heterocycles. The number of carbonyl (C=O) groups excluding carboxylic acids is 1. The molecule has 0 aromatic heterocycles. The van der Waals surface area contributed by atoms with Gasteiger partial charge in [0.25, 0.3) is 0 Å². The lowest BCUT2D eigenvalue weighted by molar-refractivity contribution is -0.117. The van der Waals surface area contributed by atoms with Crippen LogP contribution in [0.25, 0.3) is 0 Å². The van der Waals surface area contributed by atoms with Crippen LogP contribution in [0.5, 0.6) is 0 Å². The number of aliphatic hydroxyl groups is 1. The fourth-order valence-electron chi connectivity index (χ4n) is 2.08.